The van der Waals surface area contributed by atoms with Crippen molar-refractivity contribution in [3.8, 4) is 0 Å². The minimum absolute atomic E-state index is 0.0566. The third-order valence-electron chi connectivity index (χ3n) is 4.88. The summed E-state index contributed by atoms with van der Waals surface area (Å²) in [5, 5.41) is 10.8. The molecule has 2 heterocycles. The normalized spacial score (nSPS) is 17.4. The molecule has 0 radical (unpaired) electrons. The van der Waals surface area contributed by atoms with E-state index >= 15 is 0 Å². The summed E-state index contributed by atoms with van der Waals surface area (Å²) in [6.45, 7) is 1.92. The molecule has 26 heavy (non-hydrogen) atoms. The average Bonchev–Trinajstić information content (AvgIpc) is 2.86. The number of piperidine rings is 1. The van der Waals surface area contributed by atoms with E-state index in [0.29, 0.717) is 25.9 Å². The Bertz CT molecular complexity index is 826. The minimum Gasteiger partial charge on any atom is -0.341 e. The highest BCUT2D eigenvalue weighted by atomic mass is 16.6. The van der Waals surface area contributed by atoms with Crippen molar-refractivity contribution in [2.24, 2.45) is 5.92 Å². The second-order valence-electron chi connectivity index (χ2n) is 6.45. The van der Waals surface area contributed by atoms with E-state index in [1.54, 1.807) is 0 Å². The number of ketones is 1. The van der Waals surface area contributed by atoms with Gasteiger partial charge in [-0.15, -0.1) is 0 Å². The first-order chi connectivity index (χ1) is 12.3. The van der Waals surface area contributed by atoms with Gasteiger partial charge in [-0.05, 0) is 25.8 Å². The van der Waals surface area contributed by atoms with Crippen molar-refractivity contribution in [2.75, 3.05) is 19.6 Å². The van der Waals surface area contributed by atoms with Crippen molar-refractivity contribution in [2.45, 2.75) is 19.8 Å². The van der Waals surface area contributed by atoms with Crippen molar-refractivity contribution in [3.05, 3.63) is 39.4 Å². The Balaban J connectivity index is 1.70. The molecule has 3 rings (SSSR count). The summed E-state index contributed by atoms with van der Waals surface area (Å²) in [5.41, 5.74) is -0.291. The maximum absolute atomic E-state index is 12.4. The number of fused-ring (bicyclic) bond motifs is 1. The predicted molar refractivity (Wildman–Crippen MR) is 88.4 cm³/mol. The van der Waals surface area contributed by atoms with Gasteiger partial charge in [0, 0.05) is 31.1 Å². The van der Waals surface area contributed by atoms with Crippen molar-refractivity contribution < 1.29 is 24.1 Å². The number of Topliss-reactive ketones (excluding diaryl/α,β-unsaturated/α-hetero) is 1. The number of hydrogen-bond donors (Lipinski definition) is 0. The Hall–Kier alpha value is -3.10. The van der Waals surface area contributed by atoms with Crippen LogP contribution in [-0.4, -0.2) is 57.9 Å². The highest BCUT2D eigenvalue weighted by molar-refractivity contribution is 6.22. The van der Waals surface area contributed by atoms with E-state index in [0.717, 1.165) is 17.0 Å². The van der Waals surface area contributed by atoms with E-state index in [1.165, 1.54) is 17.9 Å². The molecule has 9 heteroatoms. The van der Waals surface area contributed by atoms with Crippen LogP contribution >= 0.6 is 0 Å². The van der Waals surface area contributed by atoms with Gasteiger partial charge in [0.25, 0.3) is 17.5 Å². The molecular weight excluding hydrogens is 342 g/mol. The van der Waals surface area contributed by atoms with Crippen LogP contribution in [0.5, 0.6) is 0 Å². The van der Waals surface area contributed by atoms with Crippen LogP contribution in [0.4, 0.5) is 5.69 Å². The Morgan fingerprint density at radius 3 is 2.35 bits per heavy atom. The number of likely N-dealkylation sites (tertiary alicyclic amines) is 1. The summed E-state index contributed by atoms with van der Waals surface area (Å²) in [6, 6.07) is 3.44. The number of rotatable bonds is 4. The van der Waals surface area contributed by atoms with Crippen LogP contribution < -0.4 is 0 Å². The van der Waals surface area contributed by atoms with Gasteiger partial charge in [0.05, 0.1) is 16.1 Å². The van der Waals surface area contributed by atoms with Crippen molar-refractivity contribution in [1.82, 2.24) is 9.80 Å². The number of carbonyl (C=O) groups excluding carboxylic acids is 4. The highest BCUT2D eigenvalue weighted by Crippen LogP contribution is 2.27. The number of nitro groups is 1. The van der Waals surface area contributed by atoms with Gasteiger partial charge in [-0.25, -0.2) is 0 Å². The number of imide groups is 1. The second-order valence-corrected chi connectivity index (χ2v) is 6.45. The summed E-state index contributed by atoms with van der Waals surface area (Å²) >= 11 is 0. The van der Waals surface area contributed by atoms with Gasteiger partial charge < -0.3 is 4.90 Å². The summed E-state index contributed by atoms with van der Waals surface area (Å²) in [4.78, 5) is 61.1. The van der Waals surface area contributed by atoms with Crippen molar-refractivity contribution in [1.29, 1.82) is 0 Å². The maximum Gasteiger partial charge on any atom is 0.270 e. The fourth-order valence-corrected chi connectivity index (χ4v) is 3.31. The molecule has 0 saturated carbocycles. The zero-order valence-corrected chi connectivity index (χ0v) is 14.1. The van der Waals surface area contributed by atoms with Gasteiger partial charge in [-0.1, -0.05) is 0 Å². The zero-order valence-electron chi connectivity index (χ0n) is 14.1. The first kappa shape index (κ1) is 17.7. The topological polar surface area (TPSA) is 118 Å². The van der Waals surface area contributed by atoms with E-state index < -0.39 is 23.3 Å². The van der Waals surface area contributed by atoms with Gasteiger partial charge in [0.2, 0.25) is 5.91 Å². The van der Waals surface area contributed by atoms with Crippen LogP contribution in [0.25, 0.3) is 0 Å². The Morgan fingerprint density at radius 2 is 1.77 bits per heavy atom. The molecule has 0 aliphatic carbocycles. The molecular formula is C17H17N3O6. The molecule has 136 valence electrons. The number of hydrogen-bond acceptors (Lipinski definition) is 6. The number of nitro benzene ring substituents is 1. The number of non-ortho nitro benzene ring substituents is 1. The maximum atomic E-state index is 12.4. The lowest BCUT2D eigenvalue weighted by molar-refractivity contribution is -0.384. The van der Waals surface area contributed by atoms with E-state index in [-0.39, 0.29) is 34.4 Å². The molecule has 9 nitrogen and oxygen atoms in total. The monoisotopic (exact) mass is 359 g/mol. The molecule has 1 aromatic carbocycles. The van der Waals surface area contributed by atoms with E-state index in [1.807, 2.05) is 0 Å². The lowest BCUT2D eigenvalue weighted by Gasteiger charge is -2.31. The fourth-order valence-electron chi connectivity index (χ4n) is 3.31. The number of amides is 3. The molecule has 0 atom stereocenters. The minimum atomic E-state index is -0.708. The number of carbonyl (C=O) groups is 4. The Kier molecular flexibility index (Phi) is 4.54. The van der Waals surface area contributed by atoms with E-state index in [9.17, 15) is 29.3 Å². The van der Waals surface area contributed by atoms with Gasteiger partial charge in [-0.3, -0.25) is 34.2 Å². The Labute approximate surface area is 148 Å². The van der Waals surface area contributed by atoms with Gasteiger partial charge in [0.1, 0.15) is 12.3 Å². The van der Waals surface area contributed by atoms with Crippen molar-refractivity contribution >= 4 is 29.2 Å². The molecule has 0 spiro atoms. The molecule has 3 amide bonds. The molecule has 1 fully saturated rings. The molecule has 0 aromatic heterocycles. The number of benzene rings is 1. The van der Waals surface area contributed by atoms with Crippen LogP contribution in [0, 0.1) is 16.0 Å². The summed E-state index contributed by atoms with van der Waals surface area (Å²) in [6.07, 6.45) is 1.13. The van der Waals surface area contributed by atoms with Gasteiger partial charge >= 0.3 is 0 Å². The van der Waals surface area contributed by atoms with Crippen LogP contribution in [0.3, 0.4) is 0 Å². The van der Waals surface area contributed by atoms with Gasteiger partial charge in [-0.2, -0.15) is 0 Å². The first-order valence-electron chi connectivity index (χ1n) is 8.22. The van der Waals surface area contributed by atoms with E-state index in [4.69, 9.17) is 0 Å². The fraction of sp³-hybridized carbons (Fsp3) is 0.412. The molecule has 1 saturated heterocycles. The molecule has 1 aromatic rings. The van der Waals surface area contributed by atoms with E-state index in [2.05, 4.69) is 0 Å². The van der Waals surface area contributed by atoms with Gasteiger partial charge in [0.15, 0.2) is 0 Å². The third kappa shape index (κ3) is 3.07. The standard InChI is InChI=1S/C17H17N3O6/c1-10(21)11-4-6-18(7-5-11)15(22)9-19-16(23)13-3-2-12(20(25)26)8-14(13)17(19)24/h2-3,8,11H,4-7,9H2,1H3. The van der Waals surface area contributed by atoms with Crippen LogP contribution in [0.15, 0.2) is 18.2 Å². The Morgan fingerprint density at radius 1 is 1.15 bits per heavy atom. The molecule has 2 aliphatic rings. The van der Waals surface area contributed by atoms with Crippen molar-refractivity contribution in [3.63, 3.8) is 0 Å². The van der Waals surface area contributed by atoms with Crippen LogP contribution in [0.2, 0.25) is 0 Å². The smallest absolute Gasteiger partial charge is 0.270 e. The molecule has 0 bridgehead atoms. The van der Waals surface area contributed by atoms with Crippen LogP contribution in [0.1, 0.15) is 40.5 Å². The predicted octanol–water partition coefficient (Wildman–Crippen LogP) is 1.02. The summed E-state index contributed by atoms with van der Waals surface area (Å²) in [7, 11) is 0. The van der Waals surface area contributed by atoms with Crippen LogP contribution in [-0.2, 0) is 9.59 Å². The highest BCUT2D eigenvalue weighted by Gasteiger charge is 2.39. The summed E-state index contributed by atoms with van der Waals surface area (Å²) < 4.78 is 0. The molecule has 0 unspecified atom stereocenters. The summed E-state index contributed by atoms with van der Waals surface area (Å²) in [5.74, 6) is -1.68. The average molecular weight is 359 g/mol. The SMILES string of the molecule is CC(=O)C1CCN(C(=O)CN2C(=O)c3ccc([N+](=O)[O-])cc3C2=O)CC1. The lowest BCUT2D eigenvalue weighted by Crippen LogP contribution is -2.46. The largest absolute Gasteiger partial charge is 0.341 e. The third-order valence-corrected chi connectivity index (χ3v) is 4.88. The first-order valence-corrected chi connectivity index (χ1v) is 8.22. The number of nitrogens with zero attached hydrogens (tertiary/aromatic N) is 3. The lowest BCUT2D eigenvalue weighted by atomic mass is 9.93. The molecule has 2 aliphatic heterocycles. The zero-order chi connectivity index (χ0) is 19.0. The molecule has 0 N–H and O–H groups in total. The second kappa shape index (κ2) is 6.66. The quantitative estimate of drug-likeness (QED) is 0.450.